The fourth-order valence-corrected chi connectivity index (χ4v) is 1.01. The number of Topliss-reactive ketones (excluding diaryl/α,β-unsaturated/α-hetero) is 2. The van der Waals surface area contributed by atoms with Crippen LogP contribution in [0.25, 0.3) is 0 Å². The van der Waals surface area contributed by atoms with E-state index in [4.69, 9.17) is 20.4 Å². The van der Waals surface area contributed by atoms with Crippen molar-refractivity contribution in [2.45, 2.75) is 38.5 Å². The number of aliphatic hydroxyl groups excluding tert-OH is 2. The average Bonchev–Trinajstić information content (AvgIpc) is 2.39. The van der Waals surface area contributed by atoms with Crippen molar-refractivity contribution in [1.29, 1.82) is 0 Å². The quantitative estimate of drug-likeness (QED) is 0.314. The third kappa shape index (κ3) is 14.3. The van der Waals surface area contributed by atoms with E-state index in [9.17, 15) is 19.2 Å². The maximum atomic E-state index is 10.3. The first-order valence-corrected chi connectivity index (χ1v) is 6.10. The molecule has 0 saturated carbocycles. The zero-order valence-corrected chi connectivity index (χ0v) is 11.1. The lowest BCUT2D eigenvalue weighted by Crippen LogP contribution is -2.11. The fraction of sp³-hybridized carbons (Fsp3) is 0.667. The molecule has 0 atom stereocenters. The van der Waals surface area contributed by atoms with Gasteiger partial charge in [-0.2, -0.15) is 0 Å². The first-order valence-electron chi connectivity index (χ1n) is 6.10. The molecule has 0 spiro atoms. The molecule has 0 amide bonds. The maximum absolute atomic E-state index is 10.3. The zero-order chi connectivity index (χ0) is 16.0. The summed E-state index contributed by atoms with van der Waals surface area (Å²) < 4.78 is 0. The summed E-state index contributed by atoms with van der Waals surface area (Å²) in [7, 11) is 0. The Morgan fingerprint density at radius 2 is 0.900 bits per heavy atom. The van der Waals surface area contributed by atoms with Crippen molar-refractivity contribution in [3.63, 3.8) is 0 Å². The molecule has 0 bridgehead atoms. The van der Waals surface area contributed by atoms with Gasteiger partial charge in [0, 0.05) is 26.1 Å². The van der Waals surface area contributed by atoms with Crippen LogP contribution < -0.4 is 0 Å². The third-order valence-corrected chi connectivity index (χ3v) is 2.10. The van der Waals surface area contributed by atoms with E-state index in [1.54, 1.807) is 0 Å². The first-order chi connectivity index (χ1) is 9.36. The molecule has 116 valence electrons. The Balaban J connectivity index is 0. The predicted octanol–water partition coefficient (Wildman–Crippen LogP) is -0.395. The summed E-state index contributed by atoms with van der Waals surface area (Å²) >= 11 is 0. The van der Waals surface area contributed by atoms with E-state index in [-0.39, 0.29) is 26.1 Å². The highest BCUT2D eigenvalue weighted by Crippen LogP contribution is 1.95. The number of carboxylic acid groups (broad SMARTS) is 2. The van der Waals surface area contributed by atoms with Gasteiger partial charge >= 0.3 is 11.9 Å². The Kier molecular flexibility index (Phi) is 14.0. The van der Waals surface area contributed by atoms with Crippen LogP contribution in [0.5, 0.6) is 0 Å². The van der Waals surface area contributed by atoms with Crippen LogP contribution in [0.1, 0.15) is 38.5 Å². The summed E-state index contributed by atoms with van der Waals surface area (Å²) in [6.07, 6.45) is 1.91. The molecule has 0 aromatic heterocycles. The van der Waals surface area contributed by atoms with Crippen molar-refractivity contribution in [2.75, 3.05) is 13.2 Å². The Morgan fingerprint density at radius 1 is 0.600 bits per heavy atom. The van der Waals surface area contributed by atoms with Crippen LogP contribution in [-0.4, -0.2) is 57.1 Å². The lowest BCUT2D eigenvalue weighted by Gasteiger charge is -1.92. The maximum Gasteiger partial charge on any atom is 0.372 e. The highest BCUT2D eigenvalue weighted by Gasteiger charge is 2.09. The minimum Gasteiger partial charge on any atom is -0.476 e. The highest BCUT2D eigenvalue weighted by molar-refractivity contribution is 6.32. The molecule has 8 heteroatoms. The van der Waals surface area contributed by atoms with E-state index in [0.29, 0.717) is 25.7 Å². The van der Waals surface area contributed by atoms with Crippen molar-refractivity contribution in [3.05, 3.63) is 0 Å². The smallest absolute Gasteiger partial charge is 0.372 e. The second-order valence-corrected chi connectivity index (χ2v) is 3.82. The van der Waals surface area contributed by atoms with Gasteiger partial charge in [0.15, 0.2) is 0 Å². The highest BCUT2D eigenvalue weighted by atomic mass is 16.4. The van der Waals surface area contributed by atoms with Crippen molar-refractivity contribution in [3.8, 4) is 0 Å². The summed E-state index contributed by atoms with van der Waals surface area (Å²) in [5.74, 6) is -4.35. The van der Waals surface area contributed by atoms with Gasteiger partial charge < -0.3 is 20.4 Å². The molecule has 8 nitrogen and oxygen atoms in total. The van der Waals surface area contributed by atoms with Gasteiger partial charge in [-0.3, -0.25) is 9.59 Å². The second kappa shape index (κ2) is 13.6. The van der Waals surface area contributed by atoms with Crippen LogP contribution in [0.3, 0.4) is 0 Å². The number of aliphatic hydroxyl groups is 2. The van der Waals surface area contributed by atoms with E-state index in [2.05, 4.69) is 0 Å². The molecule has 0 aliphatic carbocycles. The zero-order valence-electron chi connectivity index (χ0n) is 11.1. The number of ketones is 2. The van der Waals surface area contributed by atoms with E-state index >= 15 is 0 Å². The molecule has 0 radical (unpaired) electrons. The number of unbranched alkanes of at least 4 members (excludes halogenated alkanes) is 2. The molecule has 0 aliphatic rings. The number of carboxylic acids is 2. The molecule has 0 aromatic carbocycles. The first kappa shape index (κ1) is 20.5. The van der Waals surface area contributed by atoms with Crippen molar-refractivity contribution in [2.24, 2.45) is 0 Å². The summed E-state index contributed by atoms with van der Waals surface area (Å²) in [4.78, 5) is 40.4. The molecule has 0 aliphatic heterocycles. The van der Waals surface area contributed by atoms with Gasteiger partial charge in [0.25, 0.3) is 0 Å². The van der Waals surface area contributed by atoms with Crippen LogP contribution in [0.15, 0.2) is 0 Å². The second-order valence-electron chi connectivity index (χ2n) is 3.82. The van der Waals surface area contributed by atoms with Crippen molar-refractivity contribution >= 4 is 23.5 Å². The number of carbonyl (C=O) groups is 4. The molecule has 0 heterocycles. The van der Waals surface area contributed by atoms with Crippen LogP contribution >= 0.6 is 0 Å². The minimum atomic E-state index is -1.39. The molecule has 20 heavy (non-hydrogen) atoms. The minimum absolute atomic E-state index is 0.00684. The SMILES string of the molecule is O=C(O)C(=O)CCCCO.O=C(O)C(=O)CCCCO. The van der Waals surface area contributed by atoms with E-state index in [1.807, 2.05) is 0 Å². The standard InChI is InChI=1S/2C6H10O4/c2*7-4-2-1-3-5(8)6(9)10/h2*7H,1-4H2,(H,9,10). The Morgan fingerprint density at radius 3 is 1.10 bits per heavy atom. The Hall–Kier alpha value is -1.80. The summed E-state index contributed by atoms with van der Waals surface area (Å²) in [5, 5.41) is 32.7. The van der Waals surface area contributed by atoms with Gasteiger partial charge in [0.05, 0.1) is 0 Å². The van der Waals surface area contributed by atoms with Crippen LogP contribution in [0.2, 0.25) is 0 Å². The van der Waals surface area contributed by atoms with E-state index in [1.165, 1.54) is 0 Å². The topological polar surface area (TPSA) is 149 Å². The van der Waals surface area contributed by atoms with Crippen LogP contribution in [-0.2, 0) is 19.2 Å². The number of carbonyl (C=O) groups excluding carboxylic acids is 2. The van der Waals surface area contributed by atoms with Gasteiger partial charge in [-0.25, -0.2) is 9.59 Å². The van der Waals surface area contributed by atoms with Crippen LogP contribution in [0, 0.1) is 0 Å². The summed E-state index contributed by atoms with van der Waals surface area (Å²) in [6, 6.07) is 0. The Bertz CT molecular complexity index is 291. The molecule has 0 rings (SSSR count). The van der Waals surface area contributed by atoms with Gasteiger partial charge in [-0.15, -0.1) is 0 Å². The lowest BCUT2D eigenvalue weighted by atomic mass is 10.2. The lowest BCUT2D eigenvalue weighted by molar-refractivity contribution is -0.149. The Labute approximate surface area is 116 Å². The number of hydrogen-bond acceptors (Lipinski definition) is 6. The fourth-order valence-electron chi connectivity index (χ4n) is 1.01. The molecule has 0 fully saturated rings. The molecule has 0 saturated heterocycles. The van der Waals surface area contributed by atoms with Crippen molar-refractivity contribution < 1.29 is 39.6 Å². The molecule has 0 unspecified atom stereocenters. The van der Waals surface area contributed by atoms with E-state index in [0.717, 1.165) is 0 Å². The summed E-state index contributed by atoms with van der Waals surface area (Å²) in [5.41, 5.74) is 0. The van der Waals surface area contributed by atoms with Crippen LogP contribution in [0.4, 0.5) is 0 Å². The van der Waals surface area contributed by atoms with Crippen molar-refractivity contribution in [1.82, 2.24) is 0 Å². The van der Waals surface area contributed by atoms with Gasteiger partial charge in [-0.05, 0) is 25.7 Å². The monoisotopic (exact) mass is 292 g/mol. The molecule has 4 N–H and O–H groups in total. The number of hydrogen-bond donors (Lipinski definition) is 4. The van der Waals surface area contributed by atoms with Gasteiger partial charge in [0.2, 0.25) is 11.6 Å². The van der Waals surface area contributed by atoms with Gasteiger partial charge in [-0.1, -0.05) is 0 Å². The van der Waals surface area contributed by atoms with Gasteiger partial charge in [0.1, 0.15) is 0 Å². The third-order valence-electron chi connectivity index (χ3n) is 2.10. The molecular weight excluding hydrogens is 272 g/mol. The predicted molar refractivity (Wildman–Crippen MR) is 67.2 cm³/mol. The largest absolute Gasteiger partial charge is 0.476 e. The number of aliphatic carboxylic acids is 2. The average molecular weight is 292 g/mol. The summed E-state index contributed by atoms with van der Waals surface area (Å²) in [6.45, 7) is 0.0137. The molecular formula is C12H20O8. The molecule has 0 aromatic rings. The number of rotatable bonds is 10. The van der Waals surface area contributed by atoms with E-state index < -0.39 is 23.5 Å². The normalized spacial score (nSPS) is 9.30.